The van der Waals surface area contributed by atoms with Gasteiger partial charge in [0.1, 0.15) is 11.6 Å². The molecule has 4 unspecified atom stereocenters. The van der Waals surface area contributed by atoms with Crippen molar-refractivity contribution in [2.75, 3.05) is 0 Å². The van der Waals surface area contributed by atoms with Crippen LogP contribution in [-0.4, -0.2) is 0 Å². The van der Waals surface area contributed by atoms with E-state index in [9.17, 15) is 8.78 Å². The van der Waals surface area contributed by atoms with Gasteiger partial charge in [0.25, 0.3) is 0 Å². The Labute approximate surface area is 151 Å². The van der Waals surface area contributed by atoms with Crippen LogP contribution in [0.4, 0.5) is 8.78 Å². The van der Waals surface area contributed by atoms with Crippen molar-refractivity contribution in [3.63, 3.8) is 0 Å². The Morgan fingerprint density at radius 1 is 0.640 bits per heavy atom. The van der Waals surface area contributed by atoms with Crippen LogP contribution in [0.1, 0.15) is 82.6 Å². The summed E-state index contributed by atoms with van der Waals surface area (Å²) >= 11 is 0. The highest BCUT2D eigenvalue weighted by atomic mass is 19.1. The van der Waals surface area contributed by atoms with E-state index in [2.05, 4.69) is 6.92 Å². The highest BCUT2D eigenvalue weighted by Gasteiger charge is 2.38. The molecule has 0 nitrogen and oxygen atoms in total. The molecular weight excluding hydrogens is 314 g/mol. The summed E-state index contributed by atoms with van der Waals surface area (Å²) in [7, 11) is 0. The van der Waals surface area contributed by atoms with E-state index in [1.54, 1.807) is 12.1 Å². The van der Waals surface area contributed by atoms with Crippen molar-refractivity contribution in [1.29, 1.82) is 0 Å². The molecule has 0 radical (unpaired) electrons. The van der Waals surface area contributed by atoms with Crippen LogP contribution in [0.5, 0.6) is 0 Å². The molecule has 138 valence electrons. The minimum atomic E-state index is -0.424. The van der Waals surface area contributed by atoms with Crippen molar-refractivity contribution >= 4 is 0 Å². The number of fused-ring (bicyclic) bond motifs is 1. The molecule has 3 saturated carbocycles. The second-order valence-corrected chi connectivity index (χ2v) is 9.33. The minimum Gasteiger partial charge on any atom is -0.207 e. The van der Waals surface area contributed by atoms with E-state index in [0.717, 1.165) is 54.1 Å². The second kappa shape index (κ2) is 7.37. The van der Waals surface area contributed by atoms with E-state index in [0.29, 0.717) is 5.92 Å². The number of halogens is 2. The molecule has 2 heteroatoms. The fourth-order valence-corrected chi connectivity index (χ4v) is 6.22. The lowest BCUT2D eigenvalue weighted by molar-refractivity contribution is 0.0731. The maximum Gasteiger partial charge on any atom is 0.126 e. The summed E-state index contributed by atoms with van der Waals surface area (Å²) in [5.41, 5.74) is 0.888. The Morgan fingerprint density at radius 3 is 1.84 bits per heavy atom. The Hall–Kier alpha value is -0.920. The molecular formula is C23H32F2. The van der Waals surface area contributed by atoms with Crippen LogP contribution in [0.3, 0.4) is 0 Å². The Bertz CT molecular complexity index is 568. The maximum atomic E-state index is 13.6. The molecule has 3 aliphatic carbocycles. The van der Waals surface area contributed by atoms with Gasteiger partial charge in [0.2, 0.25) is 0 Å². The Balaban J connectivity index is 1.36. The van der Waals surface area contributed by atoms with Gasteiger partial charge in [-0.25, -0.2) is 8.78 Å². The van der Waals surface area contributed by atoms with Crippen molar-refractivity contribution in [2.45, 2.75) is 77.0 Å². The molecule has 3 fully saturated rings. The predicted octanol–water partition coefficient (Wildman–Crippen LogP) is 7.09. The summed E-state index contributed by atoms with van der Waals surface area (Å²) in [4.78, 5) is 0. The van der Waals surface area contributed by atoms with Crippen molar-refractivity contribution in [2.24, 2.45) is 29.6 Å². The molecule has 4 rings (SSSR count). The van der Waals surface area contributed by atoms with Crippen LogP contribution in [0.15, 0.2) is 18.2 Å². The largest absolute Gasteiger partial charge is 0.207 e. The highest BCUT2D eigenvalue weighted by molar-refractivity contribution is 5.22. The molecule has 0 N–H and O–H groups in total. The molecule has 4 atom stereocenters. The van der Waals surface area contributed by atoms with Crippen LogP contribution in [0.25, 0.3) is 0 Å². The smallest absolute Gasteiger partial charge is 0.126 e. The van der Waals surface area contributed by atoms with Crippen molar-refractivity contribution in [3.05, 3.63) is 35.4 Å². The zero-order valence-corrected chi connectivity index (χ0v) is 15.5. The monoisotopic (exact) mass is 346 g/mol. The molecule has 1 aromatic rings. The quantitative estimate of drug-likeness (QED) is 0.536. The van der Waals surface area contributed by atoms with Gasteiger partial charge in [-0.2, -0.15) is 0 Å². The number of hydrogen-bond acceptors (Lipinski definition) is 0. The highest BCUT2D eigenvalue weighted by Crippen LogP contribution is 2.50. The first-order chi connectivity index (χ1) is 12.1. The van der Waals surface area contributed by atoms with E-state index in [1.807, 2.05) is 0 Å². The fourth-order valence-electron chi connectivity index (χ4n) is 6.22. The average Bonchev–Trinajstić information content (AvgIpc) is 2.60. The van der Waals surface area contributed by atoms with Crippen molar-refractivity contribution < 1.29 is 8.78 Å². The van der Waals surface area contributed by atoms with Crippen LogP contribution >= 0.6 is 0 Å². The number of rotatable bonds is 2. The molecule has 0 aliphatic heterocycles. The third-order valence-electron chi connectivity index (χ3n) is 7.74. The maximum absolute atomic E-state index is 13.6. The van der Waals surface area contributed by atoms with Gasteiger partial charge in [-0.1, -0.05) is 19.8 Å². The lowest BCUT2D eigenvalue weighted by Crippen LogP contribution is -2.34. The van der Waals surface area contributed by atoms with E-state index in [-0.39, 0.29) is 0 Å². The van der Waals surface area contributed by atoms with E-state index in [1.165, 1.54) is 51.4 Å². The van der Waals surface area contributed by atoms with Crippen molar-refractivity contribution in [3.8, 4) is 0 Å². The molecule has 0 amide bonds. The summed E-state index contributed by atoms with van der Waals surface area (Å²) in [6, 6.07) is 4.11. The van der Waals surface area contributed by atoms with Gasteiger partial charge in [-0.05, 0) is 105 Å². The minimum absolute atomic E-state index is 0.360. The van der Waals surface area contributed by atoms with Gasteiger partial charge in [-0.15, -0.1) is 0 Å². The molecule has 3 aliphatic rings. The number of benzene rings is 1. The average molecular weight is 347 g/mol. The van der Waals surface area contributed by atoms with E-state index >= 15 is 0 Å². The molecule has 0 saturated heterocycles. The zero-order valence-electron chi connectivity index (χ0n) is 15.5. The van der Waals surface area contributed by atoms with Crippen LogP contribution in [0.2, 0.25) is 0 Å². The van der Waals surface area contributed by atoms with Gasteiger partial charge in [0.05, 0.1) is 0 Å². The summed E-state index contributed by atoms with van der Waals surface area (Å²) in [6.07, 6.45) is 13.4. The normalized spacial score (nSPS) is 39.0. The fraction of sp³-hybridized carbons (Fsp3) is 0.739. The van der Waals surface area contributed by atoms with E-state index in [4.69, 9.17) is 0 Å². The summed E-state index contributed by atoms with van der Waals surface area (Å²) < 4.78 is 27.1. The third kappa shape index (κ3) is 3.93. The zero-order chi connectivity index (χ0) is 17.4. The van der Waals surface area contributed by atoms with E-state index < -0.39 is 11.6 Å². The molecule has 0 heterocycles. The number of hydrogen-bond donors (Lipinski definition) is 0. The SMILES string of the molecule is CC1CCC(C2CCC3CC(c4cc(F)cc(F)c4)CCC3C2)CC1. The van der Waals surface area contributed by atoms with Gasteiger partial charge >= 0.3 is 0 Å². The third-order valence-corrected chi connectivity index (χ3v) is 7.74. The molecule has 0 spiro atoms. The van der Waals surface area contributed by atoms with Gasteiger partial charge < -0.3 is 0 Å². The Kier molecular flexibility index (Phi) is 5.15. The van der Waals surface area contributed by atoms with Crippen LogP contribution in [0, 0.1) is 41.2 Å². The summed E-state index contributed by atoms with van der Waals surface area (Å²) in [5, 5.41) is 0. The molecule has 25 heavy (non-hydrogen) atoms. The standard InChI is InChI=1S/C23H32F2/c1-15-2-4-16(5-3-15)17-6-7-19-11-20(9-8-18(19)10-17)21-12-22(24)14-23(25)13-21/h12-20H,2-11H2,1H3. The topological polar surface area (TPSA) is 0 Å². The first kappa shape index (κ1) is 17.5. The van der Waals surface area contributed by atoms with Crippen LogP contribution < -0.4 is 0 Å². The lowest BCUT2D eigenvalue weighted by Gasteiger charge is -2.45. The summed E-state index contributed by atoms with van der Waals surface area (Å²) in [5.74, 6) is 4.04. The van der Waals surface area contributed by atoms with Gasteiger partial charge in [0, 0.05) is 6.07 Å². The predicted molar refractivity (Wildman–Crippen MR) is 98.4 cm³/mol. The molecule has 1 aromatic carbocycles. The van der Waals surface area contributed by atoms with Gasteiger partial charge in [0.15, 0.2) is 0 Å². The molecule has 0 aromatic heterocycles. The molecule has 0 bridgehead atoms. The second-order valence-electron chi connectivity index (χ2n) is 9.33. The first-order valence-corrected chi connectivity index (χ1v) is 10.5. The lowest BCUT2D eigenvalue weighted by atomic mass is 9.60. The van der Waals surface area contributed by atoms with Gasteiger partial charge in [-0.3, -0.25) is 0 Å². The summed E-state index contributed by atoms with van der Waals surface area (Å²) in [6.45, 7) is 2.41. The van der Waals surface area contributed by atoms with Crippen molar-refractivity contribution in [1.82, 2.24) is 0 Å². The van der Waals surface area contributed by atoms with Crippen LogP contribution in [-0.2, 0) is 0 Å². The Morgan fingerprint density at radius 2 is 1.16 bits per heavy atom. The first-order valence-electron chi connectivity index (χ1n) is 10.5.